The molecular formula is C14H20Cl2F3N3O. The molecule has 0 unspecified atom stereocenters. The quantitative estimate of drug-likeness (QED) is 0.686. The Labute approximate surface area is 145 Å². The van der Waals surface area contributed by atoms with Gasteiger partial charge in [-0.25, -0.2) is 0 Å². The fourth-order valence-electron chi connectivity index (χ4n) is 1.85. The highest BCUT2D eigenvalue weighted by atomic mass is 35.5. The van der Waals surface area contributed by atoms with Crippen molar-refractivity contribution < 1.29 is 18.0 Å². The molecule has 0 bridgehead atoms. The Bertz CT molecular complexity index is 496. The Morgan fingerprint density at radius 3 is 2.30 bits per heavy atom. The summed E-state index contributed by atoms with van der Waals surface area (Å²) in [5.41, 5.74) is 0.602. The van der Waals surface area contributed by atoms with Crippen molar-refractivity contribution in [3.8, 4) is 0 Å². The van der Waals surface area contributed by atoms with Crippen molar-refractivity contribution in [2.24, 2.45) is 5.92 Å². The Balaban J connectivity index is 0.00000242. The van der Waals surface area contributed by atoms with Gasteiger partial charge in [0.05, 0.1) is 17.9 Å². The van der Waals surface area contributed by atoms with Crippen LogP contribution in [0.3, 0.4) is 0 Å². The van der Waals surface area contributed by atoms with Gasteiger partial charge in [0, 0.05) is 0 Å². The maximum Gasteiger partial charge on any atom is 0.405 e. The normalized spacial score (nSPS) is 13.5. The molecule has 0 aliphatic heterocycles. The van der Waals surface area contributed by atoms with Gasteiger partial charge in [0.2, 0.25) is 5.91 Å². The van der Waals surface area contributed by atoms with Crippen LogP contribution >= 0.6 is 24.8 Å². The molecule has 0 spiro atoms. The predicted octanol–water partition coefficient (Wildman–Crippen LogP) is 3.44. The minimum Gasteiger partial charge on any atom is -0.375 e. The van der Waals surface area contributed by atoms with E-state index in [1.54, 1.807) is 18.2 Å². The lowest BCUT2D eigenvalue weighted by molar-refractivity contribution is -0.115. The van der Waals surface area contributed by atoms with Crippen LogP contribution in [0, 0.1) is 5.92 Å². The Kier molecular flexibility index (Phi) is 9.34. The molecule has 4 nitrogen and oxygen atoms in total. The molecule has 0 heterocycles. The first-order valence-electron chi connectivity index (χ1n) is 6.84. The Morgan fingerprint density at radius 1 is 1.13 bits per heavy atom. The molecule has 0 atom stereocenters. The van der Waals surface area contributed by atoms with E-state index in [0.29, 0.717) is 11.6 Å². The lowest BCUT2D eigenvalue weighted by atomic mass is 10.2. The van der Waals surface area contributed by atoms with Gasteiger partial charge in [-0.05, 0) is 37.4 Å². The minimum atomic E-state index is -4.30. The Morgan fingerprint density at radius 2 is 1.74 bits per heavy atom. The second-order valence-corrected chi connectivity index (χ2v) is 5.14. The van der Waals surface area contributed by atoms with E-state index in [-0.39, 0.29) is 43.0 Å². The van der Waals surface area contributed by atoms with Crippen LogP contribution in [0.1, 0.15) is 12.8 Å². The van der Waals surface area contributed by atoms with Crippen molar-refractivity contribution in [1.29, 1.82) is 0 Å². The molecule has 1 aliphatic rings. The zero-order chi connectivity index (χ0) is 15.3. The van der Waals surface area contributed by atoms with E-state index in [9.17, 15) is 18.0 Å². The summed E-state index contributed by atoms with van der Waals surface area (Å²) in [4.78, 5) is 11.7. The average molecular weight is 374 g/mol. The summed E-state index contributed by atoms with van der Waals surface area (Å²) in [6, 6.07) is 6.34. The zero-order valence-corrected chi connectivity index (χ0v) is 13.9. The van der Waals surface area contributed by atoms with Crippen LogP contribution < -0.4 is 16.0 Å². The van der Waals surface area contributed by atoms with E-state index in [1.165, 1.54) is 18.9 Å². The number of hydrogen-bond acceptors (Lipinski definition) is 3. The molecule has 1 amide bonds. The molecule has 132 valence electrons. The molecule has 9 heteroatoms. The fourth-order valence-corrected chi connectivity index (χ4v) is 1.85. The van der Waals surface area contributed by atoms with Crippen molar-refractivity contribution in [3.05, 3.63) is 24.3 Å². The van der Waals surface area contributed by atoms with Crippen molar-refractivity contribution in [2.75, 3.05) is 30.3 Å². The number of carbonyl (C=O) groups excluding carboxylic acids is 1. The molecule has 3 N–H and O–H groups in total. The van der Waals surface area contributed by atoms with Gasteiger partial charge in [0.15, 0.2) is 0 Å². The third-order valence-electron chi connectivity index (χ3n) is 3.10. The van der Waals surface area contributed by atoms with Gasteiger partial charge in [-0.15, -0.1) is 24.8 Å². The average Bonchev–Trinajstić information content (AvgIpc) is 3.21. The SMILES string of the molecule is Cl.Cl.O=C(CNCC1CC1)Nc1ccccc1NCC(F)(F)F. The summed E-state index contributed by atoms with van der Waals surface area (Å²) in [5.74, 6) is 0.399. The van der Waals surface area contributed by atoms with Crippen molar-refractivity contribution in [2.45, 2.75) is 19.0 Å². The number of anilines is 2. The smallest absolute Gasteiger partial charge is 0.375 e. The molecule has 0 saturated heterocycles. The lowest BCUT2D eigenvalue weighted by Crippen LogP contribution is -2.30. The molecule has 0 radical (unpaired) electrons. The molecule has 1 saturated carbocycles. The summed E-state index contributed by atoms with van der Waals surface area (Å²) in [5, 5.41) is 7.92. The van der Waals surface area contributed by atoms with Gasteiger partial charge in [0.1, 0.15) is 6.54 Å². The molecule has 1 aromatic carbocycles. The third-order valence-corrected chi connectivity index (χ3v) is 3.10. The lowest BCUT2D eigenvalue weighted by Gasteiger charge is -2.14. The van der Waals surface area contributed by atoms with Gasteiger partial charge < -0.3 is 16.0 Å². The van der Waals surface area contributed by atoms with Gasteiger partial charge >= 0.3 is 6.18 Å². The highest BCUT2D eigenvalue weighted by molar-refractivity contribution is 5.95. The van der Waals surface area contributed by atoms with Crippen LogP contribution in [0.4, 0.5) is 24.5 Å². The number of alkyl halides is 3. The summed E-state index contributed by atoms with van der Waals surface area (Å²) in [7, 11) is 0. The van der Waals surface area contributed by atoms with E-state index < -0.39 is 12.7 Å². The fraction of sp³-hybridized carbons (Fsp3) is 0.500. The monoisotopic (exact) mass is 373 g/mol. The predicted molar refractivity (Wildman–Crippen MR) is 89.7 cm³/mol. The zero-order valence-electron chi connectivity index (χ0n) is 12.3. The molecule has 1 aliphatic carbocycles. The summed E-state index contributed by atoms with van der Waals surface area (Å²) < 4.78 is 36.7. The largest absolute Gasteiger partial charge is 0.405 e. The topological polar surface area (TPSA) is 53.2 Å². The molecule has 2 rings (SSSR count). The van der Waals surface area contributed by atoms with Gasteiger partial charge in [-0.3, -0.25) is 4.79 Å². The summed E-state index contributed by atoms with van der Waals surface area (Å²) >= 11 is 0. The number of para-hydroxylation sites is 2. The van der Waals surface area contributed by atoms with Gasteiger partial charge in [-0.1, -0.05) is 12.1 Å². The summed E-state index contributed by atoms with van der Waals surface area (Å²) in [6.45, 7) is -0.175. The van der Waals surface area contributed by atoms with Crippen LogP contribution in [-0.4, -0.2) is 31.7 Å². The van der Waals surface area contributed by atoms with E-state index >= 15 is 0 Å². The second-order valence-electron chi connectivity index (χ2n) is 5.14. The molecule has 0 aromatic heterocycles. The first-order valence-corrected chi connectivity index (χ1v) is 6.84. The summed E-state index contributed by atoms with van der Waals surface area (Å²) in [6.07, 6.45) is -1.92. The van der Waals surface area contributed by atoms with Crippen LogP contribution in [0.15, 0.2) is 24.3 Å². The van der Waals surface area contributed by atoms with E-state index in [4.69, 9.17) is 0 Å². The number of halogens is 5. The van der Waals surface area contributed by atoms with Crippen molar-refractivity contribution >= 4 is 42.1 Å². The van der Waals surface area contributed by atoms with Crippen LogP contribution in [0.5, 0.6) is 0 Å². The third kappa shape index (κ3) is 8.88. The number of hydrogen-bond donors (Lipinski definition) is 3. The van der Waals surface area contributed by atoms with Crippen LogP contribution in [0.2, 0.25) is 0 Å². The first kappa shape index (κ1) is 21.8. The number of benzene rings is 1. The van der Waals surface area contributed by atoms with Crippen molar-refractivity contribution in [3.63, 3.8) is 0 Å². The maximum absolute atomic E-state index is 12.2. The van der Waals surface area contributed by atoms with Gasteiger partial charge in [-0.2, -0.15) is 13.2 Å². The standard InChI is InChI=1S/C14H18F3N3O.2ClH/c15-14(16,17)9-19-11-3-1-2-4-12(11)20-13(21)8-18-7-10-5-6-10;;/h1-4,10,18-19H,5-9H2,(H,20,21);2*1H. The van der Waals surface area contributed by atoms with Crippen LogP contribution in [0.25, 0.3) is 0 Å². The number of nitrogens with one attached hydrogen (secondary N) is 3. The van der Waals surface area contributed by atoms with Gasteiger partial charge in [0.25, 0.3) is 0 Å². The minimum absolute atomic E-state index is 0. The highest BCUT2D eigenvalue weighted by Gasteiger charge is 2.27. The number of rotatable bonds is 7. The maximum atomic E-state index is 12.2. The highest BCUT2D eigenvalue weighted by Crippen LogP contribution is 2.27. The van der Waals surface area contributed by atoms with E-state index in [2.05, 4.69) is 16.0 Å². The van der Waals surface area contributed by atoms with E-state index in [0.717, 1.165) is 6.54 Å². The van der Waals surface area contributed by atoms with E-state index in [1.807, 2.05) is 0 Å². The molecular weight excluding hydrogens is 354 g/mol. The molecule has 23 heavy (non-hydrogen) atoms. The van der Waals surface area contributed by atoms with Crippen molar-refractivity contribution in [1.82, 2.24) is 5.32 Å². The van der Waals surface area contributed by atoms with Crippen LogP contribution in [-0.2, 0) is 4.79 Å². The Hall–Kier alpha value is -1.18. The number of carbonyl (C=O) groups is 1. The first-order chi connectivity index (χ1) is 9.94. The second kappa shape index (κ2) is 9.85. The number of amides is 1. The molecule has 1 aromatic rings. The molecule has 1 fully saturated rings.